The molecule has 0 saturated carbocycles. The molecule has 1 aliphatic heterocycles. The lowest BCUT2D eigenvalue weighted by Gasteiger charge is -2.18. The molecule has 34 heavy (non-hydrogen) atoms. The summed E-state index contributed by atoms with van der Waals surface area (Å²) in [6, 6.07) is 6.76. The number of aromatic nitrogens is 2. The van der Waals surface area contributed by atoms with Crippen molar-refractivity contribution < 1.29 is 32.2 Å². The van der Waals surface area contributed by atoms with Gasteiger partial charge in [0.05, 0.1) is 35.1 Å². The number of nitrogens with one attached hydrogen (secondary N) is 2. The van der Waals surface area contributed by atoms with Crippen molar-refractivity contribution >= 4 is 45.6 Å². The summed E-state index contributed by atoms with van der Waals surface area (Å²) in [5, 5.41) is 6.17. The average Bonchev–Trinajstić information content (AvgIpc) is 3.28. The van der Waals surface area contributed by atoms with E-state index in [1.807, 2.05) is 0 Å². The molecule has 1 amide bonds. The van der Waals surface area contributed by atoms with E-state index in [4.69, 9.17) is 21.1 Å². The Labute approximate surface area is 196 Å². The lowest BCUT2D eigenvalue weighted by molar-refractivity contribution is -0.274. The van der Waals surface area contributed by atoms with Crippen LogP contribution in [0.3, 0.4) is 0 Å². The summed E-state index contributed by atoms with van der Waals surface area (Å²) in [4.78, 5) is 20.5. The molecule has 1 atom stereocenters. The fourth-order valence-electron chi connectivity index (χ4n) is 3.27. The van der Waals surface area contributed by atoms with Crippen molar-refractivity contribution in [1.82, 2.24) is 9.97 Å². The third kappa shape index (κ3) is 5.67. The van der Waals surface area contributed by atoms with Gasteiger partial charge in [0.15, 0.2) is 0 Å². The van der Waals surface area contributed by atoms with Gasteiger partial charge in [0.1, 0.15) is 29.7 Å². The Morgan fingerprint density at radius 3 is 2.74 bits per heavy atom. The predicted octanol–water partition coefficient (Wildman–Crippen LogP) is 5.22. The summed E-state index contributed by atoms with van der Waals surface area (Å²) in [5.74, 6) is -0.194. The number of hydrogen-bond donors (Lipinski definition) is 2. The first-order valence-corrected chi connectivity index (χ1v) is 10.4. The summed E-state index contributed by atoms with van der Waals surface area (Å²) in [6.07, 6.45) is -1.87. The number of ether oxygens (including phenoxy) is 3. The van der Waals surface area contributed by atoms with Gasteiger partial charge in [-0.15, -0.1) is 13.2 Å². The normalized spacial score (nSPS) is 15.7. The first kappa shape index (κ1) is 23.6. The van der Waals surface area contributed by atoms with Gasteiger partial charge in [-0.05, 0) is 24.3 Å². The number of amides is 1. The molecule has 2 aromatic carbocycles. The van der Waals surface area contributed by atoms with E-state index in [0.717, 1.165) is 18.2 Å². The van der Waals surface area contributed by atoms with E-state index in [2.05, 4.69) is 31.9 Å². The number of nitrogens with zero attached hydrogens (tertiary/aromatic N) is 2. The number of carbonyl (C=O) groups excluding carboxylic acids is 1. The van der Waals surface area contributed by atoms with Crippen molar-refractivity contribution in [1.29, 1.82) is 0 Å². The van der Waals surface area contributed by atoms with Crippen molar-refractivity contribution in [3.63, 3.8) is 0 Å². The monoisotopic (exact) mass is 494 g/mol. The summed E-state index contributed by atoms with van der Waals surface area (Å²) in [7, 11) is 0. The summed E-state index contributed by atoms with van der Waals surface area (Å²) >= 11 is 6.15. The molecule has 0 radical (unpaired) electrons. The van der Waals surface area contributed by atoms with Crippen LogP contribution in [0.1, 0.15) is 6.42 Å². The molecule has 0 spiro atoms. The van der Waals surface area contributed by atoms with Crippen LogP contribution in [0.2, 0.25) is 5.02 Å². The second kappa shape index (κ2) is 9.74. The van der Waals surface area contributed by atoms with Crippen molar-refractivity contribution in [2.45, 2.75) is 18.9 Å². The molecule has 2 N–H and O–H groups in total. The van der Waals surface area contributed by atoms with E-state index < -0.39 is 18.0 Å². The van der Waals surface area contributed by atoms with Crippen LogP contribution >= 0.6 is 11.6 Å². The van der Waals surface area contributed by atoms with Crippen LogP contribution < -0.4 is 20.1 Å². The number of hydrogen-bond acceptors (Lipinski definition) is 7. The fraction of sp³-hybridized carbons (Fsp3) is 0.227. The van der Waals surface area contributed by atoms with Crippen molar-refractivity contribution in [2.75, 3.05) is 23.8 Å². The van der Waals surface area contributed by atoms with Gasteiger partial charge in [-0.3, -0.25) is 4.79 Å². The van der Waals surface area contributed by atoms with Gasteiger partial charge in [0.25, 0.3) is 0 Å². The van der Waals surface area contributed by atoms with Gasteiger partial charge in [-0.1, -0.05) is 18.2 Å². The highest BCUT2D eigenvalue weighted by Gasteiger charge is 2.31. The van der Waals surface area contributed by atoms with Crippen LogP contribution in [0.4, 0.5) is 30.4 Å². The molecule has 1 saturated heterocycles. The molecule has 1 aromatic heterocycles. The lowest BCUT2D eigenvalue weighted by Crippen LogP contribution is -2.18. The third-order valence-corrected chi connectivity index (χ3v) is 5.10. The zero-order valence-electron chi connectivity index (χ0n) is 17.5. The molecule has 1 unspecified atom stereocenters. The van der Waals surface area contributed by atoms with Gasteiger partial charge in [-0.2, -0.15) is 0 Å². The Kier molecular flexibility index (Phi) is 6.75. The molecule has 4 rings (SSSR count). The van der Waals surface area contributed by atoms with Crippen LogP contribution in [-0.4, -0.2) is 41.6 Å². The first-order valence-electron chi connectivity index (χ1n) is 10.0. The van der Waals surface area contributed by atoms with Gasteiger partial charge in [0, 0.05) is 23.9 Å². The van der Waals surface area contributed by atoms with Gasteiger partial charge in [-0.25, -0.2) is 9.97 Å². The molecular weight excluding hydrogens is 477 g/mol. The molecule has 1 aliphatic rings. The topological polar surface area (TPSA) is 94.6 Å². The molecular formula is C22H18ClF3N4O4. The van der Waals surface area contributed by atoms with E-state index in [1.165, 1.54) is 12.4 Å². The summed E-state index contributed by atoms with van der Waals surface area (Å²) < 4.78 is 52.6. The number of benzene rings is 2. The summed E-state index contributed by atoms with van der Waals surface area (Å²) in [6.45, 7) is 4.47. The van der Waals surface area contributed by atoms with Crippen molar-refractivity contribution in [2.24, 2.45) is 0 Å². The van der Waals surface area contributed by atoms with Gasteiger partial charge < -0.3 is 24.8 Å². The highest BCUT2D eigenvalue weighted by Crippen LogP contribution is 2.36. The fourth-order valence-corrected chi connectivity index (χ4v) is 3.49. The Morgan fingerprint density at radius 2 is 2.06 bits per heavy atom. The van der Waals surface area contributed by atoms with Crippen LogP contribution in [0.25, 0.3) is 10.9 Å². The second-order valence-corrected chi connectivity index (χ2v) is 7.61. The van der Waals surface area contributed by atoms with Crippen LogP contribution in [-0.2, 0) is 9.53 Å². The minimum absolute atomic E-state index is 0.0186. The predicted molar refractivity (Wildman–Crippen MR) is 120 cm³/mol. The van der Waals surface area contributed by atoms with E-state index in [-0.39, 0.29) is 16.8 Å². The SMILES string of the molecule is C=CC(=O)Nc1cc2c(Nc3ccc(OC(F)(F)F)cc3Cl)ncnc2cc1OC1CCOC1. The molecule has 12 heteroatoms. The molecule has 3 aromatic rings. The smallest absolute Gasteiger partial charge is 0.486 e. The molecule has 0 aliphatic carbocycles. The maximum atomic E-state index is 12.5. The minimum atomic E-state index is -4.84. The number of carbonyl (C=O) groups is 1. The zero-order chi connectivity index (χ0) is 24.3. The van der Waals surface area contributed by atoms with E-state index >= 15 is 0 Å². The quantitative estimate of drug-likeness (QED) is 0.435. The Morgan fingerprint density at radius 1 is 1.24 bits per heavy atom. The Bertz CT molecular complexity index is 1230. The Hall–Kier alpha value is -3.57. The van der Waals surface area contributed by atoms with E-state index in [0.29, 0.717) is 47.8 Å². The number of fused-ring (bicyclic) bond motifs is 1. The number of rotatable bonds is 7. The number of anilines is 3. The maximum Gasteiger partial charge on any atom is 0.573 e. The first-order chi connectivity index (χ1) is 16.2. The third-order valence-electron chi connectivity index (χ3n) is 4.79. The van der Waals surface area contributed by atoms with Gasteiger partial charge >= 0.3 is 6.36 Å². The summed E-state index contributed by atoms with van der Waals surface area (Å²) in [5.41, 5.74) is 1.15. The van der Waals surface area contributed by atoms with Crippen LogP contribution in [0.5, 0.6) is 11.5 Å². The standard InChI is InChI=1S/C22H18ClF3N4O4/c1-2-20(31)29-18-8-14-17(9-19(18)33-13-5-6-32-10-13)27-11-28-21(14)30-16-4-3-12(7-15(16)23)34-22(24,25)26/h2-4,7-9,11,13H,1,5-6,10H2,(H,29,31)(H,27,28,30). The number of halogens is 4. The molecule has 8 nitrogen and oxygen atoms in total. The largest absolute Gasteiger partial charge is 0.573 e. The maximum absolute atomic E-state index is 12.5. The lowest BCUT2D eigenvalue weighted by atomic mass is 10.1. The molecule has 0 bridgehead atoms. The molecule has 178 valence electrons. The van der Waals surface area contributed by atoms with Crippen molar-refractivity contribution in [3.8, 4) is 11.5 Å². The molecule has 2 heterocycles. The van der Waals surface area contributed by atoms with Crippen LogP contribution in [0, 0.1) is 0 Å². The van der Waals surface area contributed by atoms with E-state index in [9.17, 15) is 18.0 Å². The highest BCUT2D eigenvalue weighted by atomic mass is 35.5. The second-order valence-electron chi connectivity index (χ2n) is 7.20. The highest BCUT2D eigenvalue weighted by molar-refractivity contribution is 6.33. The Balaban J connectivity index is 1.68. The zero-order valence-corrected chi connectivity index (χ0v) is 18.2. The number of alkyl halides is 3. The van der Waals surface area contributed by atoms with Crippen molar-refractivity contribution in [3.05, 3.63) is 54.3 Å². The van der Waals surface area contributed by atoms with E-state index in [1.54, 1.807) is 12.1 Å². The molecule has 1 fully saturated rings. The van der Waals surface area contributed by atoms with Gasteiger partial charge in [0.2, 0.25) is 5.91 Å². The minimum Gasteiger partial charge on any atom is -0.486 e. The average molecular weight is 495 g/mol. The van der Waals surface area contributed by atoms with Crippen LogP contribution in [0.15, 0.2) is 49.3 Å².